The lowest BCUT2D eigenvalue weighted by Gasteiger charge is -2.38. The Kier molecular flexibility index (Phi) is 11.4. The molecule has 2 nitrogen and oxygen atoms in total. The normalized spacial score (nSPS) is 11.9. The molecule has 1 atom stereocenters. The van der Waals surface area contributed by atoms with Gasteiger partial charge in [-0.05, 0) is 68.0 Å². The van der Waals surface area contributed by atoms with Gasteiger partial charge in [-0.1, -0.05) is 38.6 Å². The van der Waals surface area contributed by atoms with Gasteiger partial charge in [0.05, 0.1) is 5.60 Å². The van der Waals surface area contributed by atoms with Crippen LogP contribution in [0.2, 0.25) is 0 Å². The van der Waals surface area contributed by atoms with E-state index in [0.29, 0.717) is 16.3 Å². The lowest BCUT2D eigenvalue weighted by atomic mass is 9.83. The summed E-state index contributed by atoms with van der Waals surface area (Å²) in [6, 6.07) is 3.18. The number of rotatable bonds is 7. The minimum atomic E-state index is -0.567. The van der Waals surface area contributed by atoms with E-state index >= 15 is 0 Å². The average Bonchev–Trinajstić information content (AvgIpc) is 2.53. The molecule has 0 saturated heterocycles. The maximum Gasteiger partial charge on any atom is 0.334 e. The number of thioether (sulfide) groups is 1. The molecular formula is C19H30BFO2PS2. The fourth-order valence-corrected chi connectivity index (χ4v) is 2.49. The molecule has 1 radical (unpaired) electrons. The van der Waals surface area contributed by atoms with E-state index in [4.69, 9.17) is 4.65 Å². The molecule has 0 aliphatic heterocycles. The van der Waals surface area contributed by atoms with Crippen LogP contribution in [-0.4, -0.2) is 28.7 Å². The Morgan fingerprint density at radius 1 is 1.35 bits per heavy atom. The molecule has 1 aromatic rings. The van der Waals surface area contributed by atoms with Crippen LogP contribution in [0, 0.1) is 5.82 Å². The van der Waals surface area contributed by atoms with Crippen LogP contribution >= 0.6 is 33.6 Å². The number of carbonyl (C=O) groups excluding carboxylic acids is 1. The number of benzene rings is 1. The maximum atomic E-state index is 14.4. The van der Waals surface area contributed by atoms with Crippen molar-refractivity contribution in [2.75, 3.05) is 5.75 Å². The van der Waals surface area contributed by atoms with Gasteiger partial charge in [-0.2, -0.15) is 12.6 Å². The second-order valence-corrected chi connectivity index (χ2v) is 9.40. The molecular weight excluding hydrogens is 385 g/mol. The molecule has 0 aliphatic rings. The Morgan fingerprint density at radius 3 is 2.38 bits per heavy atom. The predicted octanol–water partition coefficient (Wildman–Crippen LogP) is 4.39. The first kappa shape index (κ1) is 25.7. The topological polar surface area (TPSA) is 26.3 Å². The fraction of sp³-hybridized carbons (Fsp3) is 0.526. The van der Waals surface area contributed by atoms with Crippen molar-refractivity contribution >= 4 is 63.1 Å². The predicted molar refractivity (Wildman–Crippen MR) is 123 cm³/mol. The third-order valence-electron chi connectivity index (χ3n) is 3.83. The van der Waals surface area contributed by atoms with Crippen molar-refractivity contribution in [1.82, 2.24) is 0 Å². The van der Waals surface area contributed by atoms with Gasteiger partial charge >= 0.3 is 7.48 Å². The zero-order chi connectivity index (χ0) is 20.5. The first-order valence-corrected chi connectivity index (χ1v) is 10.7. The van der Waals surface area contributed by atoms with Crippen molar-refractivity contribution in [3.63, 3.8) is 0 Å². The third kappa shape index (κ3) is 8.16. The van der Waals surface area contributed by atoms with E-state index in [1.807, 2.05) is 48.5 Å². The van der Waals surface area contributed by atoms with Crippen LogP contribution in [0.5, 0.6) is 0 Å². The number of halogens is 1. The van der Waals surface area contributed by atoms with Gasteiger partial charge in [0.25, 0.3) is 0 Å². The van der Waals surface area contributed by atoms with Gasteiger partial charge in [-0.25, -0.2) is 4.39 Å². The Morgan fingerprint density at radius 2 is 1.92 bits per heavy atom. The van der Waals surface area contributed by atoms with E-state index in [-0.39, 0.29) is 9.86 Å². The average molecular weight is 415 g/mol. The van der Waals surface area contributed by atoms with Gasteiger partial charge in [-0.15, -0.1) is 9.24 Å². The van der Waals surface area contributed by atoms with Crippen LogP contribution in [0.3, 0.4) is 0 Å². The molecule has 7 heteroatoms. The van der Waals surface area contributed by atoms with Gasteiger partial charge in [0, 0.05) is 4.75 Å². The summed E-state index contributed by atoms with van der Waals surface area (Å²) in [4.78, 5) is 11.5. The SMILES string of the molecule is CC.CCSC(=O)/C=C/c1cc(F)c([B]OC(C)(C)C(C)(C)S)c(P)c1. The highest BCUT2D eigenvalue weighted by Gasteiger charge is 2.35. The lowest BCUT2D eigenvalue weighted by molar-refractivity contribution is -0.106. The summed E-state index contributed by atoms with van der Waals surface area (Å²) >= 11 is 5.74. The summed E-state index contributed by atoms with van der Waals surface area (Å²) in [7, 11) is 3.93. The first-order chi connectivity index (χ1) is 12.0. The number of thiol groups is 1. The highest BCUT2D eigenvalue weighted by Crippen LogP contribution is 2.30. The Bertz CT molecular complexity index is 605. The van der Waals surface area contributed by atoms with Crippen molar-refractivity contribution < 1.29 is 13.8 Å². The van der Waals surface area contributed by atoms with Crippen LogP contribution in [0.25, 0.3) is 6.08 Å². The highest BCUT2D eigenvalue weighted by atomic mass is 32.2. The van der Waals surface area contributed by atoms with E-state index in [1.54, 1.807) is 12.1 Å². The van der Waals surface area contributed by atoms with Gasteiger partial charge in [0.15, 0.2) is 0 Å². The molecule has 26 heavy (non-hydrogen) atoms. The second kappa shape index (κ2) is 11.5. The van der Waals surface area contributed by atoms with E-state index in [1.165, 1.54) is 31.4 Å². The summed E-state index contributed by atoms with van der Waals surface area (Å²) in [6.07, 6.45) is 3.08. The van der Waals surface area contributed by atoms with Crippen LogP contribution in [-0.2, 0) is 9.45 Å². The van der Waals surface area contributed by atoms with Crippen molar-refractivity contribution in [2.24, 2.45) is 0 Å². The summed E-state index contributed by atoms with van der Waals surface area (Å²) in [5.74, 6) is 0.320. The summed E-state index contributed by atoms with van der Waals surface area (Å²) in [5, 5.41) is 0.623. The minimum absolute atomic E-state index is 0.0417. The molecule has 0 saturated carbocycles. The molecule has 145 valence electrons. The molecule has 0 amide bonds. The van der Waals surface area contributed by atoms with Gasteiger partial charge in [0.1, 0.15) is 5.82 Å². The van der Waals surface area contributed by atoms with Gasteiger partial charge in [0.2, 0.25) is 5.12 Å². The Labute approximate surface area is 171 Å². The maximum absolute atomic E-state index is 14.4. The molecule has 1 aromatic carbocycles. The number of hydrogen-bond donors (Lipinski definition) is 1. The Balaban J connectivity index is 0.00000301. The van der Waals surface area contributed by atoms with E-state index in [9.17, 15) is 9.18 Å². The van der Waals surface area contributed by atoms with Crippen LogP contribution < -0.4 is 10.8 Å². The fourth-order valence-electron chi connectivity index (χ4n) is 1.59. The number of hydrogen-bond acceptors (Lipinski definition) is 4. The highest BCUT2D eigenvalue weighted by molar-refractivity contribution is 8.14. The zero-order valence-corrected chi connectivity index (χ0v) is 19.6. The smallest absolute Gasteiger partial charge is 0.334 e. The zero-order valence-electron chi connectivity index (χ0n) is 16.7. The Hall–Kier alpha value is -0.285. The van der Waals surface area contributed by atoms with Crippen molar-refractivity contribution in [3.05, 3.63) is 29.6 Å². The van der Waals surface area contributed by atoms with Gasteiger partial charge < -0.3 is 4.65 Å². The monoisotopic (exact) mass is 415 g/mol. The summed E-state index contributed by atoms with van der Waals surface area (Å²) in [5.41, 5.74) is 0.438. The quantitative estimate of drug-likeness (QED) is 0.310. The van der Waals surface area contributed by atoms with Crippen LogP contribution in [0.1, 0.15) is 54.0 Å². The molecule has 0 spiro atoms. The largest absolute Gasteiger partial charge is 0.428 e. The molecule has 0 fully saturated rings. The molecule has 0 N–H and O–H groups in total. The van der Waals surface area contributed by atoms with Gasteiger partial charge in [-0.3, -0.25) is 4.79 Å². The number of carbonyl (C=O) groups is 1. The van der Waals surface area contributed by atoms with E-state index in [2.05, 4.69) is 21.9 Å². The van der Waals surface area contributed by atoms with Crippen molar-refractivity contribution in [1.29, 1.82) is 0 Å². The summed E-state index contributed by atoms with van der Waals surface area (Å²) in [6.45, 7) is 13.6. The first-order valence-electron chi connectivity index (χ1n) is 8.65. The molecule has 1 unspecified atom stereocenters. The minimum Gasteiger partial charge on any atom is -0.428 e. The van der Waals surface area contributed by atoms with E-state index in [0.717, 1.165) is 5.75 Å². The van der Waals surface area contributed by atoms with E-state index < -0.39 is 11.4 Å². The van der Waals surface area contributed by atoms with Crippen molar-refractivity contribution in [2.45, 2.75) is 58.8 Å². The molecule has 0 aromatic heterocycles. The second-order valence-electron chi connectivity index (χ2n) is 6.40. The van der Waals surface area contributed by atoms with Crippen LogP contribution in [0.4, 0.5) is 4.39 Å². The molecule has 0 aliphatic carbocycles. The van der Waals surface area contributed by atoms with Crippen molar-refractivity contribution in [3.8, 4) is 0 Å². The molecule has 0 heterocycles. The van der Waals surface area contributed by atoms with Crippen LogP contribution in [0.15, 0.2) is 18.2 Å². The molecule has 1 rings (SSSR count). The third-order valence-corrected chi connectivity index (χ3v) is 5.55. The molecule has 0 bridgehead atoms. The standard InChI is InChI=1S/C17H24BFO2PS2.C2H6/c1-6-24-14(20)8-7-11-9-12(19)15(13(22)10-11)18-21-16(2,3)17(4,5)23;1-2/h7-10,23H,6,22H2,1-5H3;1-2H3/b8-7+;. The summed E-state index contributed by atoms with van der Waals surface area (Å²) < 4.78 is 19.8. The lowest BCUT2D eigenvalue weighted by Crippen LogP contribution is -2.47.